The second-order valence-corrected chi connectivity index (χ2v) is 8.38. The molecule has 8 nitrogen and oxygen atoms in total. The van der Waals surface area contributed by atoms with E-state index in [2.05, 4.69) is 0 Å². The molecule has 4 rings (SSSR count). The van der Waals surface area contributed by atoms with Crippen LogP contribution in [0.25, 0.3) is 5.69 Å². The normalized spacial score (nSPS) is 10.5. The van der Waals surface area contributed by atoms with E-state index in [0.29, 0.717) is 11.4 Å². The average Bonchev–Trinajstić information content (AvgIpc) is 3.30. The molecule has 0 aliphatic carbocycles. The number of carbonyl (C=O) groups excluding carboxylic acids is 2. The van der Waals surface area contributed by atoms with Crippen LogP contribution in [-0.2, 0) is 22.7 Å². The quantitative estimate of drug-likeness (QED) is 0.208. The highest BCUT2D eigenvalue weighted by Crippen LogP contribution is 2.42. The van der Waals surface area contributed by atoms with Crippen molar-refractivity contribution in [3.05, 3.63) is 107 Å². The van der Waals surface area contributed by atoms with Gasteiger partial charge in [0.1, 0.15) is 19.0 Å². The van der Waals surface area contributed by atoms with Gasteiger partial charge in [0.25, 0.3) is 0 Å². The number of ether oxygens (including phenoxy) is 5. The SMILES string of the molecule is CCOC(=O)c1c(OCc2ccccc2)c(OCc2ccccc2)c(C(=O)OCC)n1-c1ccc(OC)cc1. The first kappa shape index (κ1) is 27.3. The average molecular weight is 530 g/mol. The molecule has 0 saturated heterocycles. The number of hydrogen-bond donors (Lipinski definition) is 0. The van der Waals surface area contributed by atoms with Gasteiger partial charge in [0.05, 0.1) is 20.3 Å². The fourth-order valence-electron chi connectivity index (χ4n) is 4.01. The van der Waals surface area contributed by atoms with Gasteiger partial charge >= 0.3 is 11.9 Å². The number of rotatable bonds is 12. The molecule has 0 bridgehead atoms. The molecule has 202 valence electrons. The van der Waals surface area contributed by atoms with Gasteiger partial charge in [-0.15, -0.1) is 0 Å². The molecule has 1 aromatic heterocycles. The lowest BCUT2D eigenvalue weighted by Gasteiger charge is -2.13. The third-order valence-electron chi connectivity index (χ3n) is 5.80. The summed E-state index contributed by atoms with van der Waals surface area (Å²) in [5, 5.41) is 0. The molecule has 0 atom stereocenters. The molecule has 3 aromatic carbocycles. The molecule has 0 fully saturated rings. The Labute approximate surface area is 227 Å². The highest BCUT2D eigenvalue weighted by atomic mass is 16.6. The van der Waals surface area contributed by atoms with Crippen LogP contribution >= 0.6 is 0 Å². The number of esters is 2. The Morgan fingerprint density at radius 3 is 1.46 bits per heavy atom. The van der Waals surface area contributed by atoms with Gasteiger partial charge in [-0.25, -0.2) is 9.59 Å². The summed E-state index contributed by atoms with van der Waals surface area (Å²) in [5.74, 6) is -0.547. The summed E-state index contributed by atoms with van der Waals surface area (Å²) in [5.41, 5.74) is 2.28. The molecule has 0 amide bonds. The number of hydrogen-bond acceptors (Lipinski definition) is 7. The van der Waals surface area contributed by atoms with Crippen LogP contribution < -0.4 is 14.2 Å². The van der Waals surface area contributed by atoms with Crippen LogP contribution in [0.3, 0.4) is 0 Å². The summed E-state index contributed by atoms with van der Waals surface area (Å²) in [6.07, 6.45) is 0. The minimum atomic E-state index is -0.670. The van der Waals surface area contributed by atoms with Gasteiger partial charge in [-0.3, -0.25) is 4.57 Å². The van der Waals surface area contributed by atoms with Crippen molar-refractivity contribution in [3.8, 4) is 22.9 Å². The largest absolute Gasteiger partial charge is 0.497 e. The predicted molar refractivity (Wildman–Crippen MR) is 146 cm³/mol. The molecule has 1 heterocycles. The van der Waals surface area contributed by atoms with Gasteiger partial charge < -0.3 is 23.7 Å². The highest BCUT2D eigenvalue weighted by molar-refractivity contribution is 6.01. The predicted octanol–water partition coefficient (Wildman–Crippen LogP) is 6.00. The van der Waals surface area contributed by atoms with Crippen molar-refractivity contribution in [1.29, 1.82) is 0 Å². The van der Waals surface area contributed by atoms with E-state index in [0.717, 1.165) is 11.1 Å². The second kappa shape index (κ2) is 13.2. The summed E-state index contributed by atoms with van der Waals surface area (Å²) >= 11 is 0. The zero-order valence-electron chi connectivity index (χ0n) is 22.2. The Morgan fingerprint density at radius 2 is 1.08 bits per heavy atom. The lowest BCUT2D eigenvalue weighted by Crippen LogP contribution is -2.17. The summed E-state index contributed by atoms with van der Waals surface area (Å²) < 4.78 is 30.1. The van der Waals surface area contributed by atoms with Crippen molar-refractivity contribution in [3.63, 3.8) is 0 Å². The van der Waals surface area contributed by atoms with Gasteiger partial charge in [-0.05, 0) is 49.2 Å². The number of methoxy groups -OCH3 is 1. The lowest BCUT2D eigenvalue weighted by molar-refractivity contribution is 0.0506. The Morgan fingerprint density at radius 1 is 0.641 bits per heavy atom. The van der Waals surface area contributed by atoms with E-state index in [1.807, 2.05) is 60.7 Å². The summed E-state index contributed by atoms with van der Waals surface area (Å²) in [6.45, 7) is 3.93. The molecule has 0 unspecified atom stereocenters. The molecule has 0 aliphatic rings. The van der Waals surface area contributed by atoms with Gasteiger partial charge in [0.2, 0.25) is 0 Å². The molecule has 0 radical (unpaired) electrons. The Kier molecular flexibility index (Phi) is 9.24. The maximum absolute atomic E-state index is 13.5. The molecule has 8 heteroatoms. The van der Waals surface area contributed by atoms with Crippen molar-refractivity contribution >= 4 is 11.9 Å². The van der Waals surface area contributed by atoms with Crippen molar-refractivity contribution in [1.82, 2.24) is 4.57 Å². The molecule has 4 aromatic rings. The van der Waals surface area contributed by atoms with Gasteiger partial charge in [-0.1, -0.05) is 60.7 Å². The van der Waals surface area contributed by atoms with E-state index in [9.17, 15) is 9.59 Å². The van der Waals surface area contributed by atoms with E-state index in [4.69, 9.17) is 23.7 Å². The zero-order chi connectivity index (χ0) is 27.6. The third-order valence-corrected chi connectivity index (χ3v) is 5.80. The minimum Gasteiger partial charge on any atom is -0.497 e. The summed E-state index contributed by atoms with van der Waals surface area (Å²) in [6, 6.07) is 25.9. The van der Waals surface area contributed by atoms with E-state index in [1.165, 1.54) is 4.57 Å². The standard InChI is InChI=1S/C31H31NO7/c1-4-36-30(33)26-28(38-20-22-12-8-6-9-13-22)29(39-21-23-14-10-7-11-15-23)27(31(34)37-5-2)32(26)24-16-18-25(35-3)19-17-24/h6-19H,4-5,20-21H2,1-3H3. The molecule has 0 saturated carbocycles. The van der Waals surface area contributed by atoms with E-state index < -0.39 is 11.9 Å². The first-order valence-corrected chi connectivity index (χ1v) is 12.7. The smallest absolute Gasteiger partial charge is 0.359 e. The van der Waals surface area contributed by atoms with Crippen LogP contribution in [0.5, 0.6) is 17.2 Å². The fourth-order valence-corrected chi connectivity index (χ4v) is 4.01. The van der Waals surface area contributed by atoms with Crippen molar-refractivity contribution in [2.45, 2.75) is 27.1 Å². The first-order valence-electron chi connectivity index (χ1n) is 12.7. The highest BCUT2D eigenvalue weighted by Gasteiger charge is 2.36. The van der Waals surface area contributed by atoms with E-state index >= 15 is 0 Å². The van der Waals surface area contributed by atoms with Crippen molar-refractivity contribution < 1.29 is 33.3 Å². The molecule has 39 heavy (non-hydrogen) atoms. The maximum Gasteiger partial charge on any atom is 0.359 e. The Bertz CT molecular complexity index is 1300. The first-order chi connectivity index (χ1) is 19.1. The van der Waals surface area contributed by atoms with Gasteiger partial charge in [0, 0.05) is 5.69 Å². The topological polar surface area (TPSA) is 85.2 Å². The monoisotopic (exact) mass is 529 g/mol. The van der Waals surface area contributed by atoms with Crippen LogP contribution in [0.15, 0.2) is 84.9 Å². The fraction of sp³-hybridized carbons (Fsp3) is 0.226. The minimum absolute atomic E-state index is 0.0177. The molecule has 0 aliphatic heterocycles. The van der Waals surface area contributed by atoms with Crippen LogP contribution in [0.4, 0.5) is 0 Å². The van der Waals surface area contributed by atoms with Gasteiger partial charge in [0.15, 0.2) is 22.9 Å². The number of aromatic nitrogens is 1. The second-order valence-electron chi connectivity index (χ2n) is 8.38. The van der Waals surface area contributed by atoms with Crippen molar-refractivity contribution in [2.75, 3.05) is 20.3 Å². The molecule has 0 N–H and O–H groups in total. The lowest BCUT2D eigenvalue weighted by atomic mass is 10.2. The zero-order valence-corrected chi connectivity index (χ0v) is 22.2. The number of carbonyl (C=O) groups is 2. The maximum atomic E-state index is 13.5. The van der Waals surface area contributed by atoms with Crippen molar-refractivity contribution in [2.24, 2.45) is 0 Å². The summed E-state index contributed by atoms with van der Waals surface area (Å²) in [7, 11) is 1.56. The molecular formula is C31H31NO7. The van der Waals surface area contributed by atoms with E-state index in [-0.39, 0.29) is 49.3 Å². The van der Waals surface area contributed by atoms with Crippen LogP contribution in [0.2, 0.25) is 0 Å². The van der Waals surface area contributed by atoms with Crippen LogP contribution in [0.1, 0.15) is 46.0 Å². The van der Waals surface area contributed by atoms with Gasteiger partial charge in [-0.2, -0.15) is 0 Å². The number of nitrogens with zero attached hydrogens (tertiary/aromatic N) is 1. The third kappa shape index (κ3) is 6.41. The Balaban J connectivity index is 1.94. The van der Waals surface area contributed by atoms with Crippen LogP contribution in [-0.4, -0.2) is 36.8 Å². The van der Waals surface area contributed by atoms with E-state index in [1.54, 1.807) is 45.2 Å². The van der Waals surface area contributed by atoms with Crippen LogP contribution in [0, 0.1) is 0 Å². The summed E-state index contributed by atoms with van der Waals surface area (Å²) in [4.78, 5) is 26.9. The molecular weight excluding hydrogens is 498 g/mol. The molecule has 0 spiro atoms. The number of benzene rings is 3. The Hall–Kier alpha value is -4.72.